The lowest BCUT2D eigenvalue weighted by molar-refractivity contribution is -0.199. The number of rotatable bonds is 3. The van der Waals surface area contributed by atoms with Gasteiger partial charge in [-0.25, -0.2) is 0 Å². The predicted octanol–water partition coefficient (Wildman–Crippen LogP) is -1.35. The van der Waals surface area contributed by atoms with E-state index in [-0.39, 0.29) is 18.6 Å². The van der Waals surface area contributed by atoms with Gasteiger partial charge in [-0.3, -0.25) is 4.79 Å². The van der Waals surface area contributed by atoms with E-state index in [0.717, 1.165) is 0 Å². The van der Waals surface area contributed by atoms with E-state index in [9.17, 15) is 9.90 Å². The maximum atomic E-state index is 11.0. The summed E-state index contributed by atoms with van der Waals surface area (Å²) in [7, 11) is 1.43. The van der Waals surface area contributed by atoms with Gasteiger partial charge in [-0.05, 0) is 6.92 Å². The fourth-order valence-electron chi connectivity index (χ4n) is 2.02. The highest BCUT2D eigenvalue weighted by Gasteiger charge is 2.43. The van der Waals surface area contributed by atoms with Gasteiger partial charge in [0, 0.05) is 14.0 Å². The zero-order valence-corrected chi connectivity index (χ0v) is 9.71. The Morgan fingerprint density at radius 2 is 2.19 bits per heavy atom. The summed E-state index contributed by atoms with van der Waals surface area (Å²) in [6.07, 6.45) is -2.48. The monoisotopic (exact) mass is 233 g/mol. The van der Waals surface area contributed by atoms with E-state index in [1.165, 1.54) is 14.0 Å². The molecule has 6 nitrogen and oxygen atoms in total. The van der Waals surface area contributed by atoms with Crippen molar-refractivity contribution in [3.8, 4) is 0 Å². The Labute approximate surface area is 94.5 Å². The summed E-state index contributed by atoms with van der Waals surface area (Å²) in [5.41, 5.74) is 0. The molecule has 1 aliphatic heterocycles. The van der Waals surface area contributed by atoms with Gasteiger partial charge in [0.05, 0.1) is 18.8 Å². The van der Waals surface area contributed by atoms with E-state index in [1.807, 2.05) is 0 Å². The summed E-state index contributed by atoms with van der Waals surface area (Å²) in [5.74, 6) is -0.239. The number of hydrogen-bond acceptors (Lipinski definition) is 5. The summed E-state index contributed by atoms with van der Waals surface area (Å²) in [4.78, 5) is 11.0. The summed E-state index contributed by atoms with van der Waals surface area (Å²) in [5, 5.41) is 21.7. The van der Waals surface area contributed by atoms with Crippen LogP contribution in [0.1, 0.15) is 13.8 Å². The Kier molecular flexibility index (Phi) is 4.67. The Bertz CT molecular complexity index is 247. The third kappa shape index (κ3) is 2.70. The van der Waals surface area contributed by atoms with Crippen molar-refractivity contribution in [1.82, 2.24) is 5.32 Å². The van der Waals surface area contributed by atoms with Crippen LogP contribution in [0.3, 0.4) is 0 Å². The summed E-state index contributed by atoms with van der Waals surface area (Å²) >= 11 is 0. The van der Waals surface area contributed by atoms with Gasteiger partial charge in [0.25, 0.3) is 0 Å². The average molecular weight is 233 g/mol. The third-order valence-electron chi connectivity index (χ3n) is 2.79. The second-order valence-corrected chi connectivity index (χ2v) is 3.98. The number of aliphatic hydroxyl groups is 2. The molecule has 1 fully saturated rings. The Balaban J connectivity index is 2.76. The zero-order chi connectivity index (χ0) is 12.3. The summed E-state index contributed by atoms with van der Waals surface area (Å²) in [6.45, 7) is 2.88. The Morgan fingerprint density at radius 3 is 2.62 bits per heavy atom. The Morgan fingerprint density at radius 1 is 1.56 bits per heavy atom. The normalized spacial score (nSPS) is 39.4. The number of ether oxygens (including phenoxy) is 2. The average Bonchev–Trinajstić information content (AvgIpc) is 2.23. The minimum absolute atomic E-state index is 0.229. The molecule has 2 unspecified atom stereocenters. The van der Waals surface area contributed by atoms with Crippen molar-refractivity contribution in [3.63, 3.8) is 0 Å². The zero-order valence-electron chi connectivity index (χ0n) is 9.71. The van der Waals surface area contributed by atoms with Gasteiger partial charge in [0.15, 0.2) is 0 Å². The smallest absolute Gasteiger partial charge is 0.217 e. The van der Waals surface area contributed by atoms with Crippen molar-refractivity contribution >= 4 is 5.91 Å². The Hall–Kier alpha value is -0.690. The maximum Gasteiger partial charge on any atom is 0.217 e. The molecular formula is C10H19NO5. The van der Waals surface area contributed by atoms with Gasteiger partial charge < -0.3 is 25.0 Å². The van der Waals surface area contributed by atoms with E-state index in [1.54, 1.807) is 6.92 Å². The van der Waals surface area contributed by atoms with Crippen molar-refractivity contribution < 1.29 is 24.5 Å². The van der Waals surface area contributed by atoms with E-state index in [4.69, 9.17) is 14.6 Å². The van der Waals surface area contributed by atoms with Gasteiger partial charge in [0.2, 0.25) is 5.91 Å². The van der Waals surface area contributed by atoms with Crippen molar-refractivity contribution in [3.05, 3.63) is 0 Å². The molecule has 0 aliphatic carbocycles. The van der Waals surface area contributed by atoms with Crippen LogP contribution in [-0.2, 0) is 14.3 Å². The summed E-state index contributed by atoms with van der Waals surface area (Å²) < 4.78 is 10.6. The van der Waals surface area contributed by atoms with Gasteiger partial charge in [-0.15, -0.1) is 0 Å². The van der Waals surface area contributed by atoms with Crippen molar-refractivity contribution in [2.45, 2.75) is 44.3 Å². The molecule has 0 aromatic heterocycles. The van der Waals surface area contributed by atoms with Crippen molar-refractivity contribution in [2.75, 3.05) is 13.7 Å². The van der Waals surface area contributed by atoms with Crippen LogP contribution in [-0.4, -0.2) is 60.3 Å². The number of hydrogen-bond donors (Lipinski definition) is 3. The molecule has 0 saturated carbocycles. The first-order valence-electron chi connectivity index (χ1n) is 5.25. The molecule has 1 aliphatic rings. The highest BCUT2D eigenvalue weighted by atomic mass is 16.6. The van der Waals surface area contributed by atoms with Crippen LogP contribution >= 0.6 is 0 Å². The maximum absolute atomic E-state index is 11.0. The number of carbonyl (C=O) groups is 1. The minimum Gasteiger partial charge on any atom is -0.394 e. The summed E-state index contributed by atoms with van der Waals surface area (Å²) in [6, 6.07) is -0.523. The standard InChI is InChI=1S/C10H19NO5/c1-5-8(11-6(2)13)9(14)10(15-3)7(4-12)16-5/h5,7-10,12,14H,4H2,1-3H3,(H,11,13)/t5-,7?,8?,9+,10-/m0/s1. The molecule has 94 valence electrons. The fraction of sp³-hybridized carbons (Fsp3) is 0.900. The number of nitrogens with one attached hydrogen (secondary N) is 1. The van der Waals surface area contributed by atoms with Gasteiger partial charge in [-0.2, -0.15) is 0 Å². The van der Waals surface area contributed by atoms with Crippen LogP contribution in [0.2, 0.25) is 0 Å². The van der Waals surface area contributed by atoms with Crippen LogP contribution < -0.4 is 5.32 Å². The number of methoxy groups -OCH3 is 1. The molecule has 0 bridgehead atoms. The van der Waals surface area contributed by atoms with Gasteiger partial charge in [-0.1, -0.05) is 0 Å². The lowest BCUT2D eigenvalue weighted by Crippen LogP contribution is -2.63. The predicted molar refractivity (Wildman–Crippen MR) is 55.8 cm³/mol. The quantitative estimate of drug-likeness (QED) is 0.561. The molecule has 1 amide bonds. The second kappa shape index (κ2) is 5.58. The largest absolute Gasteiger partial charge is 0.394 e. The van der Waals surface area contributed by atoms with Crippen LogP contribution in [0.25, 0.3) is 0 Å². The number of amides is 1. The highest BCUT2D eigenvalue weighted by molar-refractivity contribution is 5.73. The third-order valence-corrected chi connectivity index (χ3v) is 2.79. The molecule has 0 aromatic carbocycles. The molecule has 5 atom stereocenters. The molecule has 1 heterocycles. The molecule has 1 saturated heterocycles. The molecule has 0 spiro atoms. The van der Waals surface area contributed by atoms with E-state index in [2.05, 4.69) is 5.32 Å². The minimum atomic E-state index is -0.894. The molecule has 6 heteroatoms. The van der Waals surface area contributed by atoms with E-state index >= 15 is 0 Å². The fourth-order valence-corrected chi connectivity index (χ4v) is 2.02. The molecule has 16 heavy (non-hydrogen) atoms. The lowest BCUT2D eigenvalue weighted by atomic mass is 9.93. The van der Waals surface area contributed by atoms with E-state index < -0.39 is 24.4 Å². The first-order valence-corrected chi connectivity index (χ1v) is 5.25. The molecule has 1 rings (SSSR count). The van der Waals surface area contributed by atoms with Crippen molar-refractivity contribution in [2.24, 2.45) is 0 Å². The van der Waals surface area contributed by atoms with Crippen molar-refractivity contribution in [1.29, 1.82) is 0 Å². The molecular weight excluding hydrogens is 214 g/mol. The molecule has 0 aromatic rings. The first kappa shape index (κ1) is 13.4. The van der Waals surface area contributed by atoms with E-state index in [0.29, 0.717) is 0 Å². The van der Waals surface area contributed by atoms with Crippen LogP contribution in [0.5, 0.6) is 0 Å². The second-order valence-electron chi connectivity index (χ2n) is 3.98. The van der Waals surface area contributed by atoms with Crippen LogP contribution in [0, 0.1) is 0 Å². The lowest BCUT2D eigenvalue weighted by Gasteiger charge is -2.42. The number of aliphatic hydroxyl groups excluding tert-OH is 2. The van der Waals surface area contributed by atoms with Gasteiger partial charge in [0.1, 0.15) is 18.3 Å². The first-order chi connectivity index (χ1) is 7.51. The topological polar surface area (TPSA) is 88.0 Å². The highest BCUT2D eigenvalue weighted by Crippen LogP contribution is 2.22. The SMILES string of the molecule is CO[C@H]1C(CO)O[C@@H](C)C(NC(C)=O)[C@H]1O. The molecule has 0 radical (unpaired) electrons. The van der Waals surface area contributed by atoms with Crippen LogP contribution in [0.15, 0.2) is 0 Å². The number of carbonyl (C=O) groups excluding carboxylic acids is 1. The van der Waals surface area contributed by atoms with Gasteiger partial charge >= 0.3 is 0 Å². The van der Waals surface area contributed by atoms with Crippen LogP contribution in [0.4, 0.5) is 0 Å². The molecule has 3 N–H and O–H groups in total.